The van der Waals surface area contributed by atoms with Gasteiger partial charge in [-0.1, -0.05) is 30.3 Å². The normalized spacial score (nSPS) is 14.2. The number of aromatic amines is 1. The zero-order chi connectivity index (χ0) is 17.2. The first-order valence-corrected chi connectivity index (χ1v) is 8.23. The molecular weight excluding hydrogens is 316 g/mol. The summed E-state index contributed by atoms with van der Waals surface area (Å²) >= 11 is 0. The van der Waals surface area contributed by atoms with Crippen LogP contribution in [-0.2, 0) is 19.5 Å². The van der Waals surface area contributed by atoms with Crippen LogP contribution in [0.1, 0.15) is 16.8 Å². The topological polar surface area (TPSA) is 82.1 Å². The molecule has 0 fully saturated rings. The van der Waals surface area contributed by atoms with Crippen LogP contribution in [0.2, 0.25) is 0 Å². The van der Waals surface area contributed by atoms with Gasteiger partial charge in [0.2, 0.25) is 5.75 Å². The number of hydrogen-bond acceptors (Lipinski definition) is 5. The second-order valence-corrected chi connectivity index (χ2v) is 6.15. The maximum absolute atomic E-state index is 12.1. The lowest BCUT2D eigenvalue weighted by Crippen LogP contribution is -2.31. The van der Waals surface area contributed by atoms with Gasteiger partial charge in [-0.15, -0.1) is 0 Å². The van der Waals surface area contributed by atoms with Gasteiger partial charge in [0, 0.05) is 25.8 Å². The second kappa shape index (κ2) is 6.49. The summed E-state index contributed by atoms with van der Waals surface area (Å²) in [4.78, 5) is 25.5. The van der Waals surface area contributed by atoms with Gasteiger partial charge in [-0.3, -0.25) is 14.7 Å². The molecule has 1 aliphatic heterocycles. The standard InChI is InChI=1S/C19H18N4O2/c24-17-16(12-23-10-8-13-5-1-2-6-14(13)11-23)21-18(22-19(17)25)15-7-3-4-9-20-15/h1-7,9,24H,8,10-12H2,(H,21,22,25). The Morgan fingerprint density at radius 3 is 2.72 bits per heavy atom. The molecule has 0 aliphatic carbocycles. The van der Waals surface area contributed by atoms with Crippen LogP contribution in [0.15, 0.2) is 53.5 Å². The van der Waals surface area contributed by atoms with Gasteiger partial charge in [-0.2, -0.15) is 0 Å². The van der Waals surface area contributed by atoms with Gasteiger partial charge in [0.1, 0.15) is 11.4 Å². The summed E-state index contributed by atoms with van der Waals surface area (Å²) in [6, 6.07) is 13.8. The summed E-state index contributed by atoms with van der Waals surface area (Å²) < 4.78 is 0. The molecule has 2 N–H and O–H groups in total. The monoisotopic (exact) mass is 334 g/mol. The molecule has 6 nitrogen and oxygen atoms in total. The molecule has 0 amide bonds. The van der Waals surface area contributed by atoms with Gasteiger partial charge < -0.3 is 10.1 Å². The van der Waals surface area contributed by atoms with E-state index in [2.05, 4.69) is 38.1 Å². The van der Waals surface area contributed by atoms with E-state index in [9.17, 15) is 9.90 Å². The van der Waals surface area contributed by atoms with Crippen molar-refractivity contribution in [1.82, 2.24) is 19.9 Å². The minimum absolute atomic E-state index is 0.321. The largest absolute Gasteiger partial charge is 0.502 e. The highest BCUT2D eigenvalue weighted by Crippen LogP contribution is 2.22. The van der Waals surface area contributed by atoms with Crippen LogP contribution in [0.5, 0.6) is 5.75 Å². The van der Waals surface area contributed by atoms with E-state index in [0.29, 0.717) is 23.8 Å². The van der Waals surface area contributed by atoms with Crippen molar-refractivity contribution in [1.29, 1.82) is 0 Å². The first-order valence-electron chi connectivity index (χ1n) is 8.23. The van der Waals surface area contributed by atoms with E-state index in [4.69, 9.17) is 0 Å². The molecule has 4 rings (SSSR count). The number of fused-ring (bicyclic) bond motifs is 1. The van der Waals surface area contributed by atoms with Crippen LogP contribution in [0.4, 0.5) is 0 Å². The predicted molar refractivity (Wildman–Crippen MR) is 94.0 cm³/mol. The van der Waals surface area contributed by atoms with Gasteiger partial charge in [-0.05, 0) is 29.7 Å². The van der Waals surface area contributed by atoms with Crippen LogP contribution in [0, 0.1) is 0 Å². The van der Waals surface area contributed by atoms with Crippen molar-refractivity contribution in [2.24, 2.45) is 0 Å². The Morgan fingerprint density at radius 1 is 1.12 bits per heavy atom. The molecule has 25 heavy (non-hydrogen) atoms. The van der Waals surface area contributed by atoms with Crippen molar-refractivity contribution < 1.29 is 5.11 Å². The van der Waals surface area contributed by atoms with E-state index in [-0.39, 0.29) is 5.75 Å². The van der Waals surface area contributed by atoms with Crippen LogP contribution in [0.25, 0.3) is 11.5 Å². The highest BCUT2D eigenvalue weighted by Gasteiger charge is 2.19. The maximum Gasteiger partial charge on any atom is 0.293 e. The van der Waals surface area contributed by atoms with Gasteiger partial charge in [0.05, 0.1) is 0 Å². The lowest BCUT2D eigenvalue weighted by molar-refractivity contribution is 0.238. The van der Waals surface area contributed by atoms with Gasteiger partial charge in [-0.25, -0.2) is 4.98 Å². The van der Waals surface area contributed by atoms with Crippen molar-refractivity contribution in [3.8, 4) is 17.3 Å². The molecule has 0 atom stereocenters. The molecule has 0 radical (unpaired) electrons. The zero-order valence-corrected chi connectivity index (χ0v) is 13.6. The number of benzene rings is 1. The Bertz CT molecular complexity index is 953. The number of rotatable bonds is 3. The maximum atomic E-state index is 12.1. The molecule has 0 spiro atoms. The summed E-state index contributed by atoms with van der Waals surface area (Å²) in [5, 5.41) is 10.1. The molecule has 126 valence electrons. The van der Waals surface area contributed by atoms with E-state index < -0.39 is 5.56 Å². The summed E-state index contributed by atoms with van der Waals surface area (Å²) in [7, 11) is 0. The van der Waals surface area contributed by atoms with Crippen molar-refractivity contribution in [3.63, 3.8) is 0 Å². The lowest BCUT2D eigenvalue weighted by atomic mass is 10.00. The third-order valence-electron chi connectivity index (χ3n) is 4.46. The molecule has 1 aliphatic rings. The predicted octanol–water partition coefficient (Wildman–Crippen LogP) is 2.10. The average Bonchev–Trinajstić information content (AvgIpc) is 2.66. The quantitative estimate of drug-likeness (QED) is 0.766. The van der Waals surface area contributed by atoms with Gasteiger partial charge in [0.25, 0.3) is 5.56 Å². The fourth-order valence-corrected chi connectivity index (χ4v) is 3.15. The summed E-state index contributed by atoms with van der Waals surface area (Å²) in [6.45, 7) is 2.07. The van der Waals surface area contributed by atoms with Crippen LogP contribution >= 0.6 is 0 Å². The number of nitrogens with one attached hydrogen (secondary N) is 1. The average molecular weight is 334 g/mol. The minimum Gasteiger partial charge on any atom is -0.502 e. The number of hydrogen-bond donors (Lipinski definition) is 2. The van der Waals surface area contributed by atoms with Crippen molar-refractivity contribution in [3.05, 3.63) is 75.8 Å². The lowest BCUT2D eigenvalue weighted by Gasteiger charge is -2.28. The summed E-state index contributed by atoms with van der Waals surface area (Å²) in [6.07, 6.45) is 2.59. The van der Waals surface area contributed by atoms with E-state index in [1.54, 1.807) is 18.3 Å². The van der Waals surface area contributed by atoms with E-state index >= 15 is 0 Å². The number of aromatic nitrogens is 3. The molecule has 0 unspecified atom stereocenters. The molecule has 3 aromatic rings. The van der Waals surface area contributed by atoms with E-state index in [0.717, 1.165) is 19.5 Å². The number of nitrogens with zero attached hydrogens (tertiary/aromatic N) is 3. The molecule has 0 bridgehead atoms. The van der Waals surface area contributed by atoms with Crippen molar-refractivity contribution >= 4 is 0 Å². The Kier molecular flexibility index (Phi) is 4.03. The molecule has 6 heteroatoms. The second-order valence-electron chi connectivity index (χ2n) is 6.15. The molecule has 0 saturated carbocycles. The molecule has 0 saturated heterocycles. The van der Waals surface area contributed by atoms with Crippen LogP contribution < -0.4 is 5.56 Å². The van der Waals surface area contributed by atoms with Crippen molar-refractivity contribution in [2.75, 3.05) is 6.54 Å². The molecule has 1 aromatic carbocycles. The first-order chi connectivity index (χ1) is 12.2. The smallest absolute Gasteiger partial charge is 0.293 e. The Labute approximate surface area is 144 Å². The first kappa shape index (κ1) is 15.5. The minimum atomic E-state index is -0.539. The Morgan fingerprint density at radius 2 is 1.92 bits per heavy atom. The Hall–Kier alpha value is -2.99. The summed E-state index contributed by atoms with van der Waals surface area (Å²) in [5.41, 5.74) is 3.05. The van der Waals surface area contributed by atoms with Crippen LogP contribution in [-0.4, -0.2) is 31.5 Å². The molecule has 2 aromatic heterocycles. The fraction of sp³-hybridized carbons (Fsp3) is 0.211. The van der Waals surface area contributed by atoms with Crippen molar-refractivity contribution in [2.45, 2.75) is 19.5 Å². The number of pyridine rings is 1. The van der Waals surface area contributed by atoms with Crippen LogP contribution in [0.3, 0.4) is 0 Å². The highest BCUT2D eigenvalue weighted by atomic mass is 16.3. The zero-order valence-electron chi connectivity index (χ0n) is 13.6. The third-order valence-corrected chi connectivity index (χ3v) is 4.46. The number of H-pyrrole nitrogens is 1. The third kappa shape index (κ3) is 3.16. The summed E-state index contributed by atoms with van der Waals surface area (Å²) in [5.74, 6) is 0.0503. The Balaban J connectivity index is 1.63. The van der Waals surface area contributed by atoms with E-state index in [1.807, 2.05) is 12.1 Å². The molecule has 3 heterocycles. The van der Waals surface area contributed by atoms with Gasteiger partial charge >= 0.3 is 0 Å². The van der Waals surface area contributed by atoms with E-state index in [1.165, 1.54) is 11.1 Å². The molecular formula is C19H18N4O2. The highest BCUT2D eigenvalue weighted by molar-refractivity contribution is 5.49. The SMILES string of the molecule is O=c1[nH]c(-c2ccccn2)nc(CN2CCc3ccccc3C2)c1O. The number of aromatic hydroxyl groups is 1. The van der Waals surface area contributed by atoms with Gasteiger partial charge in [0.15, 0.2) is 5.82 Å². The fourth-order valence-electron chi connectivity index (χ4n) is 3.15.